The zero-order chi connectivity index (χ0) is 26.9. The fourth-order valence-corrected chi connectivity index (χ4v) is 5.66. The summed E-state index contributed by atoms with van der Waals surface area (Å²) < 4.78 is 36.5. The Morgan fingerprint density at radius 2 is 1.58 bits per heavy atom. The van der Waals surface area contributed by atoms with Crippen LogP contribution in [0.25, 0.3) is 44.3 Å². The molecule has 2 heteroatoms. The number of aromatic nitrogens is 1. The summed E-state index contributed by atoms with van der Waals surface area (Å²) >= 11 is 0. The predicted octanol–water partition coefficient (Wildman–Crippen LogP) is 8.13. The molecule has 1 aliphatic rings. The summed E-state index contributed by atoms with van der Waals surface area (Å²) in [5.41, 5.74) is 8.57. The lowest BCUT2D eigenvalue weighted by Crippen LogP contribution is -2.30. The fraction of sp³-hybridized carbons (Fsp3) is 0.147. The number of rotatable bonds is 3. The van der Waals surface area contributed by atoms with Crippen LogP contribution < -0.4 is 4.57 Å². The van der Waals surface area contributed by atoms with Crippen LogP contribution in [0, 0.1) is 6.92 Å². The van der Waals surface area contributed by atoms with Crippen molar-refractivity contribution >= 4 is 21.9 Å². The summed E-state index contributed by atoms with van der Waals surface area (Å²) in [5.74, 6) is -1.16. The summed E-state index contributed by atoms with van der Waals surface area (Å²) in [4.78, 5) is 0. The van der Waals surface area contributed by atoms with Gasteiger partial charge in [0.2, 0.25) is 5.69 Å². The van der Waals surface area contributed by atoms with Crippen LogP contribution in [0.1, 0.15) is 38.7 Å². The monoisotopic (exact) mass is 469 g/mol. The van der Waals surface area contributed by atoms with E-state index in [2.05, 4.69) is 35.8 Å². The molecule has 36 heavy (non-hydrogen) atoms. The molecule has 0 fully saturated rings. The SMILES string of the molecule is [2H]C1([2H])CC([2H])(c2ccccc2)c2cccc(-c3cccc4c3oc3c(-c5cccc[n+]5C)c(C)ccc34)c21. The van der Waals surface area contributed by atoms with Gasteiger partial charge in [0, 0.05) is 38.5 Å². The Morgan fingerprint density at radius 3 is 2.44 bits per heavy atom. The van der Waals surface area contributed by atoms with Gasteiger partial charge in [-0.2, -0.15) is 0 Å². The van der Waals surface area contributed by atoms with Gasteiger partial charge >= 0.3 is 0 Å². The summed E-state index contributed by atoms with van der Waals surface area (Å²) in [7, 11) is 2.04. The number of hydrogen-bond donors (Lipinski definition) is 0. The Balaban J connectivity index is 1.51. The third-order valence-corrected chi connectivity index (χ3v) is 7.43. The van der Waals surface area contributed by atoms with Crippen LogP contribution in [0.5, 0.6) is 0 Å². The van der Waals surface area contributed by atoms with E-state index >= 15 is 0 Å². The van der Waals surface area contributed by atoms with E-state index in [0.29, 0.717) is 5.56 Å². The van der Waals surface area contributed by atoms with Gasteiger partial charge < -0.3 is 4.42 Å². The summed E-state index contributed by atoms with van der Waals surface area (Å²) in [6.45, 7) is 2.10. The molecular formula is C34H28NO+. The van der Waals surface area contributed by atoms with E-state index in [-0.39, 0.29) is 6.42 Å². The normalized spacial score (nSPS) is 19.7. The molecule has 0 radical (unpaired) electrons. The molecular weight excluding hydrogens is 438 g/mol. The van der Waals surface area contributed by atoms with Crippen LogP contribution in [0.4, 0.5) is 0 Å². The minimum atomic E-state index is -1.67. The third kappa shape index (κ3) is 3.14. The summed E-state index contributed by atoms with van der Waals surface area (Å²) in [6.07, 6.45) is 0.439. The second-order valence-corrected chi connectivity index (χ2v) is 9.54. The summed E-state index contributed by atoms with van der Waals surface area (Å²) in [5, 5.41) is 2.03. The van der Waals surface area contributed by atoms with Gasteiger partial charge in [-0.05, 0) is 53.6 Å². The maximum Gasteiger partial charge on any atom is 0.216 e. The Hall–Kier alpha value is -4.17. The summed E-state index contributed by atoms with van der Waals surface area (Å²) in [6, 6.07) is 32.0. The Kier molecular flexibility index (Phi) is 4.14. The molecule has 0 spiro atoms. The third-order valence-electron chi connectivity index (χ3n) is 7.43. The highest BCUT2D eigenvalue weighted by Gasteiger charge is 2.27. The van der Waals surface area contributed by atoms with Gasteiger partial charge in [0.05, 0.1) is 5.56 Å². The number of hydrogen-bond acceptors (Lipinski definition) is 1. The first-order chi connectivity index (χ1) is 18.8. The van der Waals surface area contributed by atoms with E-state index in [4.69, 9.17) is 7.16 Å². The highest BCUT2D eigenvalue weighted by molar-refractivity contribution is 6.13. The maximum absolute atomic E-state index is 9.47. The van der Waals surface area contributed by atoms with Crippen molar-refractivity contribution in [1.29, 1.82) is 0 Å². The highest BCUT2D eigenvalue weighted by atomic mass is 16.3. The minimum absolute atomic E-state index is 0.0698. The predicted molar refractivity (Wildman–Crippen MR) is 147 cm³/mol. The van der Waals surface area contributed by atoms with Crippen LogP contribution in [-0.4, -0.2) is 0 Å². The zero-order valence-electron chi connectivity index (χ0n) is 23.4. The van der Waals surface area contributed by atoms with E-state index in [1.165, 1.54) is 0 Å². The average molecular weight is 470 g/mol. The minimum Gasteiger partial charge on any atom is -0.454 e. The molecule has 2 heterocycles. The van der Waals surface area contributed by atoms with Gasteiger partial charge in [0.1, 0.15) is 18.2 Å². The number of furan rings is 1. The molecule has 0 saturated carbocycles. The van der Waals surface area contributed by atoms with Crippen LogP contribution in [0.2, 0.25) is 0 Å². The van der Waals surface area contributed by atoms with Gasteiger partial charge in [-0.15, -0.1) is 0 Å². The molecule has 0 amide bonds. The highest BCUT2D eigenvalue weighted by Crippen LogP contribution is 2.45. The Bertz CT molecular complexity index is 1910. The molecule has 2 nitrogen and oxygen atoms in total. The van der Waals surface area contributed by atoms with Gasteiger partial charge in [0.15, 0.2) is 6.20 Å². The molecule has 0 saturated heterocycles. The van der Waals surface area contributed by atoms with Crippen molar-refractivity contribution in [3.63, 3.8) is 0 Å². The van der Waals surface area contributed by atoms with Crippen LogP contribution in [0.3, 0.4) is 0 Å². The molecule has 2 aromatic heterocycles. The first-order valence-corrected chi connectivity index (χ1v) is 12.4. The van der Waals surface area contributed by atoms with Gasteiger partial charge in [0.25, 0.3) is 0 Å². The molecule has 1 atom stereocenters. The lowest BCUT2D eigenvalue weighted by Gasteiger charge is -2.14. The molecule has 0 N–H and O–H groups in total. The van der Waals surface area contributed by atoms with Crippen LogP contribution in [0.15, 0.2) is 108 Å². The topological polar surface area (TPSA) is 17.0 Å². The van der Waals surface area contributed by atoms with Crippen LogP contribution >= 0.6 is 0 Å². The second-order valence-electron chi connectivity index (χ2n) is 9.54. The van der Waals surface area contributed by atoms with Crippen LogP contribution in [-0.2, 0) is 13.4 Å². The molecule has 0 aliphatic heterocycles. The van der Waals surface area contributed by atoms with Gasteiger partial charge in [-0.1, -0.05) is 78.9 Å². The van der Waals surface area contributed by atoms with Gasteiger partial charge in [-0.3, -0.25) is 0 Å². The van der Waals surface area contributed by atoms with Gasteiger partial charge in [-0.25, -0.2) is 4.57 Å². The maximum atomic E-state index is 9.47. The molecule has 4 aromatic carbocycles. The van der Waals surface area contributed by atoms with Crippen molar-refractivity contribution in [1.82, 2.24) is 0 Å². The van der Waals surface area contributed by atoms with Crippen molar-refractivity contribution in [2.24, 2.45) is 7.05 Å². The molecule has 1 aliphatic carbocycles. The smallest absolute Gasteiger partial charge is 0.216 e. The molecule has 174 valence electrons. The zero-order valence-corrected chi connectivity index (χ0v) is 20.4. The van der Waals surface area contributed by atoms with E-state index in [1.54, 1.807) is 0 Å². The standard InChI is InChI=1S/C34H28NO/c1-22-17-18-30-29-15-9-14-28(33(29)36-34(30)32(22)31-16-6-7-21-35(31)2)26-13-8-12-25-24(19-20-27(25)26)23-10-4-3-5-11-23/h3-18,21,24H,19-20H2,1-2H3/q+1/i20D2,24D. The van der Waals surface area contributed by atoms with Crippen molar-refractivity contribution < 1.29 is 13.1 Å². The number of para-hydroxylation sites is 1. The molecule has 1 unspecified atom stereocenters. The quantitative estimate of drug-likeness (QED) is 0.239. The number of aryl methyl sites for hydroxylation is 2. The lowest BCUT2D eigenvalue weighted by molar-refractivity contribution is -0.660. The molecule has 6 aromatic rings. The second kappa shape index (κ2) is 8.20. The lowest BCUT2D eigenvalue weighted by atomic mass is 9.90. The fourth-order valence-electron chi connectivity index (χ4n) is 5.66. The first kappa shape index (κ1) is 18.1. The van der Waals surface area contributed by atoms with Crippen molar-refractivity contribution in [2.45, 2.75) is 25.6 Å². The number of benzene rings is 4. The largest absolute Gasteiger partial charge is 0.454 e. The Morgan fingerprint density at radius 1 is 0.806 bits per heavy atom. The number of fused-ring (bicyclic) bond motifs is 4. The van der Waals surface area contributed by atoms with E-state index in [0.717, 1.165) is 61.0 Å². The van der Waals surface area contributed by atoms with E-state index < -0.39 is 12.3 Å². The first-order valence-electron chi connectivity index (χ1n) is 13.9. The van der Waals surface area contributed by atoms with E-state index in [9.17, 15) is 1.37 Å². The number of pyridine rings is 1. The van der Waals surface area contributed by atoms with E-state index in [1.807, 2.05) is 86.0 Å². The van der Waals surface area contributed by atoms with Crippen molar-refractivity contribution in [3.05, 3.63) is 126 Å². The number of nitrogens with zero attached hydrogens (tertiary/aromatic N) is 1. The van der Waals surface area contributed by atoms with Crippen molar-refractivity contribution in [3.8, 4) is 22.4 Å². The molecule has 0 bridgehead atoms. The Labute approximate surface area is 215 Å². The molecule has 7 rings (SSSR count). The average Bonchev–Trinajstić information content (AvgIpc) is 3.42. The van der Waals surface area contributed by atoms with Crippen molar-refractivity contribution in [2.75, 3.05) is 0 Å².